The molecule has 1 aliphatic heterocycles. The highest BCUT2D eigenvalue weighted by molar-refractivity contribution is 5.96. The van der Waals surface area contributed by atoms with Gasteiger partial charge in [0.05, 0.1) is 4.92 Å². The van der Waals surface area contributed by atoms with Gasteiger partial charge in [0.25, 0.3) is 11.6 Å². The summed E-state index contributed by atoms with van der Waals surface area (Å²) in [5, 5.41) is 10.8. The highest BCUT2D eigenvalue weighted by Crippen LogP contribution is 2.26. The van der Waals surface area contributed by atoms with Crippen molar-refractivity contribution in [2.75, 3.05) is 13.1 Å². The number of amides is 1. The number of hydrogen-bond acceptors (Lipinski definition) is 4. The Hall–Kier alpha value is -1.66. The summed E-state index contributed by atoms with van der Waals surface area (Å²) in [5.74, 6) is 0.169. The lowest BCUT2D eigenvalue weighted by molar-refractivity contribution is -0.384. The van der Waals surface area contributed by atoms with Crippen molar-refractivity contribution in [3.63, 3.8) is 0 Å². The van der Waals surface area contributed by atoms with E-state index >= 15 is 0 Å². The summed E-state index contributed by atoms with van der Waals surface area (Å²) >= 11 is 0. The predicted octanol–water partition coefficient (Wildman–Crippen LogP) is 2.13. The first-order valence-corrected chi connectivity index (χ1v) is 6.70. The lowest BCUT2D eigenvalue weighted by Crippen LogP contribution is -2.34. The Morgan fingerprint density at radius 1 is 1.52 bits per heavy atom. The second kappa shape index (κ2) is 6.87. The summed E-state index contributed by atoms with van der Waals surface area (Å²) in [6.45, 7) is 4.96. The first-order valence-electron chi connectivity index (χ1n) is 6.70. The smallest absolute Gasteiger partial charge is 0.270 e. The van der Waals surface area contributed by atoms with Gasteiger partial charge in [-0.2, -0.15) is 0 Å². The van der Waals surface area contributed by atoms with Gasteiger partial charge in [-0.1, -0.05) is 6.07 Å². The molecule has 7 heteroatoms. The standard InChI is InChI=1S/C14H19N3O3.ClH/c1-9-3-4-12(17(19)20)6-13(9)14(18)16-8-11(7-15)5-10(16)2;/h3-4,6,10-11H,5,7-8,15H2,1-2H3;1H. The number of carbonyl (C=O) groups is 1. The van der Waals surface area contributed by atoms with Crippen LogP contribution < -0.4 is 5.73 Å². The van der Waals surface area contributed by atoms with E-state index in [1.165, 1.54) is 12.1 Å². The molecule has 1 fully saturated rings. The van der Waals surface area contributed by atoms with E-state index in [2.05, 4.69) is 0 Å². The Bertz CT molecular complexity index is 550. The minimum absolute atomic E-state index is 0. The van der Waals surface area contributed by atoms with E-state index in [0.717, 1.165) is 12.0 Å². The lowest BCUT2D eigenvalue weighted by Gasteiger charge is -2.22. The molecule has 2 rings (SSSR count). The van der Waals surface area contributed by atoms with Crippen molar-refractivity contribution in [1.29, 1.82) is 0 Å². The van der Waals surface area contributed by atoms with E-state index in [-0.39, 0.29) is 30.0 Å². The molecule has 0 spiro atoms. The average Bonchev–Trinajstić information content (AvgIpc) is 2.79. The maximum Gasteiger partial charge on any atom is 0.270 e. The van der Waals surface area contributed by atoms with Crippen LogP contribution >= 0.6 is 12.4 Å². The number of rotatable bonds is 3. The zero-order chi connectivity index (χ0) is 14.9. The van der Waals surface area contributed by atoms with Gasteiger partial charge in [-0.15, -0.1) is 12.4 Å². The van der Waals surface area contributed by atoms with Crippen molar-refractivity contribution in [2.24, 2.45) is 11.7 Å². The van der Waals surface area contributed by atoms with Crippen LogP contribution in [0.15, 0.2) is 18.2 Å². The van der Waals surface area contributed by atoms with E-state index < -0.39 is 4.92 Å². The zero-order valence-corrected chi connectivity index (χ0v) is 12.9. The normalized spacial score (nSPS) is 21.0. The molecular weight excluding hydrogens is 294 g/mol. The molecule has 1 heterocycles. The van der Waals surface area contributed by atoms with Gasteiger partial charge in [-0.3, -0.25) is 14.9 Å². The van der Waals surface area contributed by atoms with Crippen LogP contribution in [0.25, 0.3) is 0 Å². The SMILES string of the molecule is Cc1ccc([N+](=O)[O-])cc1C(=O)N1CC(CN)CC1C.Cl. The molecule has 1 amide bonds. The molecule has 1 aromatic carbocycles. The van der Waals surface area contributed by atoms with Gasteiger partial charge < -0.3 is 10.6 Å². The number of likely N-dealkylation sites (tertiary alicyclic amines) is 1. The number of carbonyl (C=O) groups excluding carboxylic acids is 1. The van der Waals surface area contributed by atoms with Gasteiger partial charge in [-0.05, 0) is 38.3 Å². The zero-order valence-electron chi connectivity index (χ0n) is 12.1. The van der Waals surface area contributed by atoms with Gasteiger partial charge in [0.15, 0.2) is 0 Å². The van der Waals surface area contributed by atoms with Crippen molar-refractivity contribution < 1.29 is 9.72 Å². The summed E-state index contributed by atoms with van der Waals surface area (Å²) in [4.78, 5) is 24.7. The second-order valence-corrected chi connectivity index (χ2v) is 5.40. The van der Waals surface area contributed by atoms with Gasteiger partial charge in [0.2, 0.25) is 0 Å². The number of hydrogen-bond donors (Lipinski definition) is 1. The number of nitro groups is 1. The molecule has 0 radical (unpaired) electrons. The van der Waals surface area contributed by atoms with Crippen LogP contribution in [-0.2, 0) is 0 Å². The van der Waals surface area contributed by atoms with Gasteiger partial charge >= 0.3 is 0 Å². The fourth-order valence-corrected chi connectivity index (χ4v) is 2.70. The first kappa shape index (κ1) is 17.4. The van der Waals surface area contributed by atoms with Crippen LogP contribution in [0.3, 0.4) is 0 Å². The molecule has 21 heavy (non-hydrogen) atoms. The molecule has 0 aromatic heterocycles. The number of halogens is 1. The Kier molecular flexibility index (Phi) is 5.69. The number of nitro benzene ring substituents is 1. The fraction of sp³-hybridized carbons (Fsp3) is 0.500. The van der Waals surface area contributed by atoms with Crippen LogP contribution in [0.5, 0.6) is 0 Å². The topological polar surface area (TPSA) is 89.5 Å². The van der Waals surface area contributed by atoms with Crippen molar-refractivity contribution in [2.45, 2.75) is 26.3 Å². The summed E-state index contributed by atoms with van der Waals surface area (Å²) < 4.78 is 0. The van der Waals surface area contributed by atoms with Crippen LogP contribution in [0.4, 0.5) is 5.69 Å². The van der Waals surface area contributed by atoms with Crippen LogP contribution in [0.2, 0.25) is 0 Å². The Balaban J connectivity index is 0.00000220. The van der Waals surface area contributed by atoms with Crippen molar-refractivity contribution in [1.82, 2.24) is 4.90 Å². The lowest BCUT2D eigenvalue weighted by atomic mass is 10.1. The van der Waals surface area contributed by atoms with Gasteiger partial charge in [-0.25, -0.2) is 0 Å². The molecule has 0 saturated carbocycles. The third-order valence-electron chi connectivity index (χ3n) is 3.92. The summed E-state index contributed by atoms with van der Waals surface area (Å²) in [5.41, 5.74) is 6.77. The Morgan fingerprint density at radius 3 is 2.71 bits per heavy atom. The third-order valence-corrected chi connectivity index (χ3v) is 3.92. The molecule has 2 unspecified atom stereocenters. The number of aryl methyl sites for hydroxylation is 1. The largest absolute Gasteiger partial charge is 0.336 e. The third kappa shape index (κ3) is 3.51. The highest BCUT2D eigenvalue weighted by Gasteiger charge is 2.33. The summed E-state index contributed by atoms with van der Waals surface area (Å²) in [6.07, 6.45) is 0.885. The molecule has 116 valence electrons. The molecule has 1 saturated heterocycles. The number of nitrogens with zero attached hydrogens (tertiary/aromatic N) is 2. The van der Waals surface area contributed by atoms with Gasteiger partial charge in [0.1, 0.15) is 0 Å². The van der Waals surface area contributed by atoms with E-state index in [1.54, 1.807) is 17.9 Å². The summed E-state index contributed by atoms with van der Waals surface area (Å²) in [7, 11) is 0. The van der Waals surface area contributed by atoms with Crippen molar-refractivity contribution in [3.05, 3.63) is 39.4 Å². The molecular formula is C14H20ClN3O3. The van der Waals surface area contributed by atoms with Crippen molar-refractivity contribution >= 4 is 24.0 Å². The fourth-order valence-electron chi connectivity index (χ4n) is 2.70. The minimum Gasteiger partial charge on any atom is -0.336 e. The quantitative estimate of drug-likeness (QED) is 0.683. The molecule has 6 nitrogen and oxygen atoms in total. The molecule has 0 aliphatic carbocycles. The Morgan fingerprint density at radius 2 is 2.19 bits per heavy atom. The molecule has 0 bridgehead atoms. The van der Waals surface area contributed by atoms with Gasteiger partial charge in [0, 0.05) is 30.3 Å². The molecule has 2 atom stereocenters. The Labute approximate surface area is 129 Å². The van der Waals surface area contributed by atoms with Crippen LogP contribution in [0.1, 0.15) is 29.3 Å². The van der Waals surface area contributed by atoms with E-state index in [0.29, 0.717) is 24.6 Å². The molecule has 1 aromatic rings. The number of nitrogens with two attached hydrogens (primary N) is 1. The highest BCUT2D eigenvalue weighted by atomic mass is 35.5. The number of non-ortho nitro benzene ring substituents is 1. The van der Waals surface area contributed by atoms with E-state index in [4.69, 9.17) is 5.73 Å². The van der Waals surface area contributed by atoms with Crippen molar-refractivity contribution in [3.8, 4) is 0 Å². The van der Waals surface area contributed by atoms with E-state index in [9.17, 15) is 14.9 Å². The maximum absolute atomic E-state index is 12.6. The second-order valence-electron chi connectivity index (χ2n) is 5.40. The monoisotopic (exact) mass is 313 g/mol. The van der Waals surface area contributed by atoms with E-state index in [1.807, 2.05) is 6.92 Å². The first-order chi connectivity index (χ1) is 9.43. The minimum atomic E-state index is -0.480. The van der Waals surface area contributed by atoms with Crippen LogP contribution in [-0.4, -0.2) is 34.9 Å². The van der Waals surface area contributed by atoms with Crippen LogP contribution in [0, 0.1) is 23.0 Å². The summed E-state index contributed by atoms with van der Waals surface area (Å²) in [6, 6.07) is 4.52. The molecule has 1 aliphatic rings. The number of benzene rings is 1. The average molecular weight is 314 g/mol. The maximum atomic E-state index is 12.6. The predicted molar refractivity (Wildman–Crippen MR) is 82.7 cm³/mol. The molecule has 2 N–H and O–H groups in total.